The molecule has 0 bridgehead atoms. The Morgan fingerprint density at radius 2 is 2.00 bits per heavy atom. The molecule has 0 saturated carbocycles. The fraction of sp³-hybridized carbons (Fsp3) is 0.625. The van der Waals surface area contributed by atoms with Gasteiger partial charge in [-0.05, 0) is 30.9 Å². The van der Waals surface area contributed by atoms with Crippen LogP contribution < -0.4 is 5.32 Å². The summed E-state index contributed by atoms with van der Waals surface area (Å²) in [6.07, 6.45) is 3.98. The Morgan fingerprint density at radius 1 is 1.22 bits per heavy atom. The summed E-state index contributed by atoms with van der Waals surface area (Å²) in [5.41, 5.74) is 1.50. The third kappa shape index (κ3) is 3.76. The van der Waals surface area contributed by atoms with E-state index >= 15 is 0 Å². The van der Waals surface area contributed by atoms with E-state index in [0.29, 0.717) is 12.1 Å². The molecule has 1 N–H and O–H groups in total. The van der Waals surface area contributed by atoms with Crippen LogP contribution in [0.1, 0.15) is 51.6 Å². The average molecular weight is 263 g/mol. The van der Waals surface area contributed by atoms with Gasteiger partial charge in [0.1, 0.15) is 0 Å². The number of nitrogens with one attached hydrogen (secondary N) is 1. The molecule has 1 nitrogen and oxygen atoms in total. The average Bonchev–Trinajstić information content (AvgIpc) is 2.72. The van der Waals surface area contributed by atoms with Crippen LogP contribution in [0.3, 0.4) is 0 Å². The van der Waals surface area contributed by atoms with Crippen LogP contribution in [0.4, 0.5) is 0 Å². The van der Waals surface area contributed by atoms with Crippen LogP contribution >= 0.6 is 11.8 Å². The van der Waals surface area contributed by atoms with Gasteiger partial charge in [0.25, 0.3) is 0 Å². The Bertz CT molecular complexity index is 375. The summed E-state index contributed by atoms with van der Waals surface area (Å²) in [5, 5.41) is 3.79. The van der Waals surface area contributed by atoms with E-state index in [2.05, 4.69) is 50.4 Å². The number of benzene rings is 1. The van der Waals surface area contributed by atoms with Crippen molar-refractivity contribution in [1.29, 1.82) is 0 Å². The zero-order valence-corrected chi connectivity index (χ0v) is 12.6. The van der Waals surface area contributed by atoms with Gasteiger partial charge in [0.05, 0.1) is 0 Å². The van der Waals surface area contributed by atoms with Crippen molar-refractivity contribution >= 4 is 11.8 Å². The number of hydrogen-bond acceptors (Lipinski definition) is 2. The Hall–Kier alpha value is -0.470. The van der Waals surface area contributed by atoms with Crippen LogP contribution in [0.2, 0.25) is 0 Å². The highest BCUT2D eigenvalue weighted by Crippen LogP contribution is 2.38. The van der Waals surface area contributed by atoms with E-state index in [1.807, 2.05) is 11.8 Å². The highest BCUT2D eigenvalue weighted by atomic mass is 32.2. The summed E-state index contributed by atoms with van der Waals surface area (Å²) in [5.74, 6) is 2.02. The van der Waals surface area contributed by atoms with Crippen molar-refractivity contribution in [3.05, 3.63) is 29.8 Å². The van der Waals surface area contributed by atoms with Gasteiger partial charge >= 0.3 is 0 Å². The van der Waals surface area contributed by atoms with Crippen LogP contribution in [0.15, 0.2) is 29.2 Å². The van der Waals surface area contributed by atoms with Crippen molar-refractivity contribution in [3.63, 3.8) is 0 Å². The molecule has 2 unspecified atom stereocenters. The molecule has 2 heteroatoms. The summed E-state index contributed by atoms with van der Waals surface area (Å²) < 4.78 is 0. The van der Waals surface area contributed by atoms with Gasteiger partial charge in [0, 0.05) is 22.7 Å². The molecule has 1 aliphatic rings. The van der Waals surface area contributed by atoms with Crippen molar-refractivity contribution in [2.45, 2.75) is 57.0 Å². The van der Waals surface area contributed by atoms with Crippen molar-refractivity contribution in [2.75, 3.05) is 5.75 Å². The highest BCUT2D eigenvalue weighted by Gasteiger charge is 2.23. The summed E-state index contributed by atoms with van der Waals surface area (Å²) in [6.45, 7) is 6.94. The molecule has 1 heterocycles. The van der Waals surface area contributed by atoms with Gasteiger partial charge in [-0.15, -0.1) is 11.8 Å². The normalized spacial score (nSPS) is 20.1. The molecule has 0 saturated heterocycles. The maximum Gasteiger partial charge on any atom is 0.0428 e. The van der Waals surface area contributed by atoms with Gasteiger partial charge in [-0.1, -0.05) is 44.9 Å². The predicted octanol–water partition coefficient (Wildman–Crippen LogP) is 4.64. The zero-order valence-electron chi connectivity index (χ0n) is 11.8. The fourth-order valence-corrected chi connectivity index (χ4v) is 3.73. The first-order valence-corrected chi connectivity index (χ1v) is 8.13. The van der Waals surface area contributed by atoms with Gasteiger partial charge in [-0.3, -0.25) is 0 Å². The van der Waals surface area contributed by atoms with E-state index in [0.717, 1.165) is 5.92 Å². The molecule has 0 aromatic heterocycles. The molecule has 0 aliphatic carbocycles. The van der Waals surface area contributed by atoms with E-state index < -0.39 is 0 Å². The second-order valence-corrected chi connectivity index (χ2v) is 6.86. The Kier molecular flexibility index (Phi) is 5.13. The molecule has 0 radical (unpaired) electrons. The monoisotopic (exact) mass is 263 g/mol. The van der Waals surface area contributed by atoms with Crippen molar-refractivity contribution in [1.82, 2.24) is 5.32 Å². The third-order valence-corrected chi connectivity index (χ3v) is 4.79. The first kappa shape index (κ1) is 14.0. The number of fused-ring (bicyclic) bond motifs is 1. The SMILES string of the molecule is CC(C)CCCC(C)NC1CSc2ccccc21. The van der Waals surface area contributed by atoms with Crippen LogP contribution in [-0.2, 0) is 0 Å². The second kappa shape index (κ2) is 6.63. The molecule has 18 heavy (non-hydrogen) atoms. The van der Waals surface area contributed by atoms with Gasteiger partial charge in [0.2, 0.25) is 0 Å². The van der Waals surface area contributed by atoms with Crippen LogP contribution in [-0.4, -0.2) is 11.8 Å². The number of hydrogen-bond donors (Lipinski definition) is 1. The quantitative estimate of drug-likeness (QED) is 0.802. The maximum absolute atomic E-state index is 3.79. The van der Waals surface area contributed by atoms with Crippen LogP contribution in [0.25, 0.3) is 0 Å². The molecule has 0 spiro atoms. The lowest BCUT2D eigenvalue weighted by atomic mass is 10.0. The van der Waals surface area contributed by atoms with E-state index in [9.17, 15) is 0 Å². The largest absolute Gasteiger partial charge is 0.307 e. The lowest BCUT2D eigenvalue weighted by Gasteiger charge is -2.20. The van der Waals surface area contributed by atoms with E-state index in [1.165, 1.54) is 35.5 Å². The topological polar surface area (TPSA) is 12.0 Å². The molecule has 0 amide bonds. The summed E-state index contributed by atoms with van der Waals surface area (Å²) >= 11 is 1.98. The van der Waals surface area contributed by atoms with E-state index in [1.54, 1.807) is 0 Å². The maximum atomic E-state index is 3.79. The van der Waals surface area contributed by atoms with Gasteiger partial charge in [-0.2, -0.15) is 0 Å². The lowest BCUT2D eigenvalue weighted by molar-refractivity contribution is 0.427. The summed E-state index contributed by atoms with van der Waals surface area (Å²) in [6, 6.07) is 9.99. The smallest absolute Gasteiger partial charge is 0.0428 e. The predicted molar refractivity (Wildman–Crippen MR) is 81.2 cm³/mol. The van der Waals surface area contributed by atoms with E-state index in [4.69, 9.17) is 0 Å². The van der Waals surface area contributed by atoms with Gasteiger partial charge in [-0.25, -0.2) is 0 Å². The lowest BCUT2D eigenvalue weighted by Crippen LogP contribution is -2.30. The number of rotatable bonds is 6. The van der Waals surface area contributed by atoms with Crippen LogP contribution in [0, 0.1) is 5.92 Å². The molecule has 1 aliphatic heterocycles. The van der Waals surface area contributed by atoms with Crippen LogP contribution in [0.5, 0.6) is 0 Å². The Labute approximate surface area is 116 Å². The van der Waals surface area contributed by atoms with Crippen molar-refractivity contribution in [3.8, 4) is 0 Å². The molecule has 2 atom stereocenters. The Morgan fingerprint density at radius 3 is 2.78 bits per heavy atom. The first-order valence-electron chi connectivity index (χ1n) is 7.14. The standard InChI is InChI=1S/C16H25NS/c1-12(2)7-6-8-13(3)17-15-11-18-16-10-5-4-9-14(15)16/h4-5,9-10,12-13,15,17H,6-8,11H2,1-3H3. The summed E-state index contributed by atoms with van der Waals surface area (Å²) in [4.78, 5) is 1.46. The zero-order chi connectivity index (χ0) is 13.0. The minimum atomic E-state index is 0.556. The van der Waals surface area contributed by atoms with Gasteiger partial charge in [0.15, 0.2) is 0 Å². The molecule has 2 rings (SSSR count). The van der Waals surface area contributed by atoms with Crippen molar-refractivity contribution in [2.24, 2.45) is 5.92 Å². The first-order chi connectivity index (χ1) is 8.66. The molecular weight excluding hydrogens is 238 g/mol. The Balaban J connectivity index is 1.80. The van der Waals surface area contributed by atoms with Crippen molar-refractivity contribution < 1.29 is 0 Å². The molecule has 1 aromatic carbocycles. The third-order valence-electron chi connectivity index (χ3n) is 3.60. The van der Waals surface area contributed by atoms with E-state index in [-0.39, 0.29) is 0 Å². The fourth-order valence-electron chi connectivity index (χ4n) is 2.56. The minimum Gasteiger partial charge on any atom is -0.307 e. The summed E-state index contributed by atoms with van der Waals surface area (Å²) in [7, 11) is 0. The second-order valence-electron chi connectivity index (χ2n) is 5.79. The number of thioether (sulfide) groups is 1. The minimum absolute atomic E-state index is 0.556. The van der Waals surface area contributed by atoms with Gasteiger partial charge < -0.3 is 5.32 Å². The molecule has 100 valence electrons. The molecule has 0 fully saturated rings. The highest BCUT2D eigenvalue weighted by molar-refractivity contribution is 7.99. The molecule has 1 aromatic rings. The molecular formula is C16H25NS.